The van der Waals surface area contributed by atoms with Gasteiger partial charge in [0.15, 0.2) is 5.69 Å². The molecule has 104 valence electrons. The number of esters is 1. The number of carbonyl (C=O) groups excluding carboxylic acids is 2. The maximum absolute atomic E-state index is 11.6. The van der Waals surface area contributed by atoms with E-state index in [1.807, 2.05) is 0 Å². The van der Waals surface area contributed by atoms with Crippen molar-refractivity contribution < 1.29 is 19.1 Å². The van der Waals surface area contributed by atoms with E-state index in [1.165, 1.54) is 4.68 Å². The van der Waals surface area contributed by atoms with E-state index in [9.17, 15) is 9.59 Å². The number of cyclic esters (lactones) is 1. The van der Waals surface area contributed by atoms with E-state index in [0.717, 1.165) is 0 Å². The summed E-state index contributed by atoms with van der Waals surface area (Å²) in [6.07, 6.45) is -0.820. The average molecular weight is 269 g/mol. The average Bonchev–Trinajstić information content (AvgIpc) is 2.96. The zero-order valence-electron chi connectivity index (χ0n) is 10.5. The number of nitrogens with zero attached hydrogens (tertiary/aromatic N) is 3. The van der Waals surface area contributed by atoms with E-state index < -0.39 is 12.1 Å². The van der Waals surface area contributed by atoms with Crippen LogP contribution < -0.4 is 11.1 Å². The first kappa shape index (κ1) is 13.3. The topological polar surface area (TPSA) is 121 Å². The molecule has 1 aromatic rings. The standard InChI is InChI=1S/C10H15N5O4/c1-2-18-9(16)8-7(3-11)15(14-13-8)5-6-4-12-10(17)19-6/h6H,2-5,11H2,1H3,(H,12,17). The third-order valence-corrected chi connectivity index (χ3v) is 2.62. The van der Waals surface area contributed by atoms with Crippen molar-refractivity contribution in [1.29, 1.82) is 0 Å². The molecule has 1 amide bonds. The Balaban J connectivity index is 2.13. The first-order chi connectivity index (χ1) is 9.15. The summed E-state index contributed by atoms with van der Waals surface area (Å²) in [6, 6.07) is 0. The molecule has 1 fully saturated rings. The molecule has 0 radical (unpaired) electrons. The summed E-state index contributed by atoms with van der Waals surface area (Å²) in [6.45, 7) is 2.72. The molecule has 0 bridgehead atoms. The van der Waals surface area contributed by atoms with Crippen LogP contribution in [0.5, 0.6) is 0 Å². The molecular formula is C10H15N5O4. The summed E-state index contributed by atoms with van der Waals surface area (Å²) in [5, 5.41) is 10.1. The number of amides is 1. The van der Waals surface area contributed by atoms with Crippen LogP contribution in [0, 0.1) is 0 Å². The van der Waals surface area contributed by atoms with Crippen LogP contribution in [-0.2, 0) is 22.6 Å². The lowest BCUT2D eigenvalue weighted by molar-refractivity contribution is 0.0517. The van der Waals surface area contributed by atoms with Crippen LogP contribution in [-0.4, -0.2) is 46.3 Å². The van der Waals surface area contributed by atoms with Crippen LogP contribution >= 0.6 is 0 Å². The molecule has 1 saturated heterocycles. The van der Waals surface area contributed by atoms with Gasteiger partial charge in [0.2, 0.25) is 0 Å². The Hall–Kier alpha value is -2.16. The molecule has 3 N–H and O–H groups in total. The second kappa shape index (κ2) is 5.65. The summed E-state index contributed by atoms with van der Waals surface area (Å²) in [5.74, 6) is -0.559. The molecule has 1 atom stereocenters. The number of ether oxygens (including phenoxy) is 2. The van der Waals surface area contributed by atoms with Crippen LogP contribution in [0.2, 0.25) is 0 Å². The van der Waals surface area contributed by atoms with Crippen molar-refractivity contribution in [1.82, 2.24) is 20.3 Å². The van der Waals surface area contributed by atoms with Crippen molar-refractivity contribution in [2.75, 3.05) is 13.2 Å². The minimum Gasteiger partial charge on any atom is -0.461 e. The highest BCUT2D eigenvalue weighted by Gasteiger charge is 2.26. The second-order valence-electron chi connectivity index (χ2n) is 3.90. The SMILES string of the molecule is CCOC(=O)c1nnn(CC2CNC(=O)O2)c1CN. The fraction of sp³-hybridized carbons (Fsp3) is 0.600. The fourth-order valence-corrected chi connectivity index (χ4v) is 1.77. The third kappa shape index (κ3) is 2.81. The van der Waals surface area contributed by atoms with Gasteiger partial charge in [0.25, 0.3) is 0 Å². The number of hydrogen-bond acceptors (Lipinski definition) is 7. The van der Waals surface area contributed by atoms with Gasteiger partial charge in [-0.3, -0.25) is 0 Å². The lowest BCUT2D eigenvalue weighted by atomic mass is 10.3. The summed E-state index contributed by atoms with van der Waals surface area (Å²) in [7, 11) is 0. The van der Waals surface area contributed by atoms with Gasteiger partial charge in [-0.25, -0.2) is 14.3 Å². The van der Waals surface area contributed by atoms with Crippen LogP contribution in [0.15, 0.2) is 0 Å². The summed E-state index contributed by atoms with van der Waals surface area (Å²) in [5.41, 5.74) is 6.16. The molecule has 1 aliphatic rings. The highest BCUT2D eigenvalue weighted by Crippen LogP contribution is 2.10. The first-order valence-electron chi connectivity index (χ1n) is 5.89. The van der Waals surface area contributed by atoms with Crippen LogP contribution in [0.4, 0.5) is 4.79 Å². The van der Waals surface area contributed by atoms with E-state index >= 15 is 0 Å². The van der Waals surface area contributed by atoms with Gasteiger partial charge >= 0.3 is 12.1 Å². The highest BCUT2D eigenvalue weighted by atomic mass is 16.6. The molecule has 0 spiro atoms. The van der Waals surface area contributed by atoms with Gasteiger partial charge in [-0.2, -0.15) is 0 Å². The number of alkyl carbamates (subject to hydrolysis) is 1. The minimum absolute atomic E-state index is 0.0925. The number of rotatable bonds is 5. The Labute approximate surface area is 109 Å². The van der Waals surface area contributed by atoms with E-state index in [2.05, 4.69) is 15.6 Å². The molecule has 2 heterocycles. The van der Waals surface area contributed by atoms with E-state index in [-0.39, 0.29) is 31.5 Å². The van der Waals surface area contributed by atoms with Crippen molar-refractivity contribution in [3.63, 3.8) is 0 Å². The molecule has 0 aliphatic carbocycles. The monoisotopic (exact) mass is 269 g/mol. The Morgan fingerprint density at radius 3 is 3.05 bits per heavy atom. The summed E-state index contributed by atoms with van der Waals surface area (Å²) in [4.78, 5) is 22.6. The highest BCUT2D eigenvalue weighted by molar-refractivity contribution is 5.88. The molecule has 1 unspecified atom stereocenters. The van der Waals surface area contributed by atoms with Crippen molar-refractivity contribution in [2.45, 2.75) is 26.1 Å². The predicted molar refractivity (Wildman–Crippen MR) is 62.1 cm³/mol. The Morgan fingerprint density at radius 2 is 2.47 bits per heavy atom. The predicted octanol–water partition coefficient (Wildman–Crippen LogP) is -0.978. The maximum Gasteiger partial charge on any atom is 0.407 e. The van der Waals surface area contributed by atoms with Crippen molar-refractivity contribution >= 4 is 12.1 Å². The van der Waals surface area contributed by atoms with Gasteiger partial charge in [-0.15, -0.1) is 5.10 Å². The van der Waals surface area contributed by atoms with Crippen LogP contribution in [0.1, 0.15) is 23.1 Å². The van der Waals surface area contributed by atoms with Crippen LogP contribution in [0.3, 0.4) is 0 Å². The number of nitrogens with one attached hydrogen (secondary N) is 1. The number of carbonyl (C=O) groups is 2. The number of hydrogen-bond donors (Lipinski definition) is 2. The molecular weight excluding hydrogens is 254 g/mol. The molecule has 1 aromatic heterocycles. The quantitative estimate of drug-likeness (QED) is 0.659. The molecule has 2 rings (SSSR count). The Bertz CT molecular complexity index is 486. The molecule has 9 nitrogen and oxygen atoms in total. The number of aromatic nitrogens is 3. The third-order valence-electron chi connectivity index (χ3n) is 2.62. The van der Waals surface area contributed by atoms with E-state index in [4.69, 9.17) is 15.2 Å². The van der Waals surface area contributed by atoms with Crippen LogP contribution in [0.25, 0.3) is 0 Å². The summed E-state index contributed by atoms with van der Waals surface area (Å²) >= 11 is 0. The first-order valence-corrected chi connectivity index (χ1v) is 5.89. The number of nitrogens with two attached hydrogens (primary N) is 1. The van der Waals surface area contributed by atoms with Crippen molar-refractivity contribution in [3.8, 4) is 0 Å². The van der Waals surface area contributed by atoms with Crippen molar-refractivity contribution in [2.24, 2.45) is 5.73 Å². The zero-order valence-corrected chi connectivity index (χ0v) is 10.5. The maximum atomic E-state index is 11.6. The van der Waals surface area contributed by atoms with Crippen molar-refractivity contribution in [3.05, 3.63) is 11.4 Å². The van der Waals surface area contributed by atoms with Gasteiger partial charge < -0.3 is 20.5 Å². The van der Waals surface area contributed by atoms with Gasteiger partial charge in [0.05, 0.1) is 25.4 Å². The lowest BCUT2D eigenvalue weighted by Crippen LogP contribution is -2.24. The smallest absolute Gasteiger partial charge is 0.407 e. The molecule has 9 heteroatoms. The summed E-state index contributed by atoms with van der Waals surface area (Å²) < 4.78 is 11.3. The second-order valence-corrected chi connectivity index (χ2v) is 3.90. The van der Waals surface area contributed by atoms with E-state index in [0.29, 0.717) is 12.2 Å². The van der Waals surface area contributed by atoms with Gasteiger partial charge in [0.1, 0.15) is 6.10 Å². The van der Waals surface area contributed by atoms with Gasteiger partial charge in [0, 0.05) is 6.54 Å². The Morgan fingerprint density at radius 1 is 1.68 bits per heavy atom. The van der Waals surface area contributed by atoms with E-state index in [1.54, 1.807) is 6.92 Å². The molecule has 0 saturated carbocycles. The normalized spacial score (nSPS) is 18.0. The minimum atomic E-state index is -0.559. The molecule has 0 aromatic carbocycles. The largest absolute Gasteiger partial charge is 0.461 e. The molecule has 1 aliphatic heterocycles. The fourth-order valence-electron chi connectivity index (χ4n) is 1.77. The lowest BCUT2D eigenvalue weighted by Gasteiger charge is -2.09. The molecule has 19 heavy (non-hydrogen) atoms. The Kier molecular flexibility index (Phi) is 3.95. The van der Waals surface area contributed by atoms with Gasteiger partial charge in [-0.05, 0) is 6.92 Å². The zero-order chi connectivity index (χ0) is 13.8. The van der Waals surface area contributed by atoms with Gasteiger partial charge in [-0.1, -0.05) is 5.21 Å².